The van der Waals surface area contributed by atoms with Crippen molar-refractivity contribution in [2.45, 2.75) is 19.1 Å². The van der Waals surface area contributed by atoms with Gasteiger partial charge in [0.05, 0.1) is 11.7 Å². The van der Waals surface area contributed by atoms with Crippen molar-refractivity contribution in [2.75, 3.05) is 20.2 Å². The van der Waals surface area contributed by atoms with Crippen molar-refractivity contribution in [2.24, 2.45) is 0 Å². The molecule has 0 bridgehead atoms. The highest BCUT2D eigenvalue weighted by Crippen LogP contribution is 2.17. The number of likely N-dealkylation sites (tertiary alicyclic amines) is 1. The van der Waals surface area contributed by atoms with Gasteiger partial charge in [0.25, 0.3) is 0 Å². The lowest BCUT2D eigenvalue weighted by Gasteiger charge is -2.16. The molecule has 18 heavy (non-hydrogen) atoms. The molecule has 1 aliphatic heterocycles. The largest absolute Gasteiger partial charge is 0.478 e. The van der Waals surface area contributed by atoms with E-state index in [1.54, 1.807) is 7.11 Å². The first-order chi connectivity index (χ1) is 8.58. The number of halogens is 1. The molecule has 2 rings (SSSR count). The molecule has 1 aliphatic rings. The number of ether oxygens (including phenoxy) is 1. The van der Waals surface area contributed by atoms with E-state index in [2.05, 4.69) is 4.90 Å². The van der Waals surface area contributed by atoms with Gasteiger partial charge in [-0.05, 0) is 30.2 Å². The fraction of sp³-hybridized carbons (Fsp3) is 0.462. The molecule has 1 saturated heterocycles. The third kappa shape index (κ3) is 3.05. The van der Waals surface area contributed by atoms with Gasteiger partial charge >= 0.3 is 5.97 Å². The molecule has 98 valence electrons. The number of hydrogen-bond acceptors (Lipinski definition) is 3. The zero-order valence-electron chi connectivity index (χ0n) is 10.2. The van der Waals surface area contributed by atoms with Gasteiger partial charge in [-0.2, -0.15) is 0 Å². The van der Waals surface area contributed by atoms with Crippen LogP contribution in [0.2, 0.25) is 0 Å². The fourth-order valence-electron chi connectivity index (χ4n) is 2.26. The van der Waals surface area contributed by atoms with Gasteiger partial charge in [-0.3, -0.25) is 4.90 Å². The Kier molecular flexibility index (Phi) is 3.93. The topological polar surface area (TPSA) is 49.8 Å². The van der Waals surface area contributed by atoms with E-state index in [1.807, 2.05) is 0 Å². The summed E-state index contributed by atoms with van der Waals surface area (Å²) in [6, 6.07) is 3.94. The molecule has 1 atom stereocenters. The van der Waals surface area contributed by atoms with E-state index < -0.39 is 11.8 Å². The summed E-state index contributed by atoms with van der Waals surface area (Å²) in [6.07, 6.45) is 1.18. The van der Waals surface area contributed by atoms with Crippen LogP contribution in [0.25, 0.3) is 0 Å². The van der Waals surface area contributed by atoms with Gasteiger partial charge in [-0.15, -0.1) is 0 Å². The second-order valence-corrected chi connectivity index (χ2v) is 4.53. The highest BCUT2D eigenvalue weighted by Gasteiger charge is 2.22. The van der Waals surface area contributed by atoms with Crippen LogP contribution in [0.4, 0.5) is 4.39 Å². The molecule has 5 heteroatoms. The van der Waals surface area contributed by atoms with Crippen LogP contribution in [-0.2, 0) is 11.3 Å². The second-order valence-electron chi connectivity index (χ2n) is 4.53. The van der Waals surface area contributed by atoms with E-state index in [0.717, 1.165) is 25.6 Å². The summed E-state index contributed by atoms with van der Waals surface area (Å²) in [7, 11) is 1.68. The van der Waals surface area contributed by atoms with Crippen LogP contribution < -0.4 is 0 Å². The molecule has 0 spiro atoms. The number of carboxylic acid groups (broad SMARTS) is 1. The minimum Gasteiger partial charge on any atom is -0.478 e. The summed E-state index contributed by atoms with van der Waals surface area (Å²) in [5, 5.41) is 8.87. The van der Waals surface area contributed by atoms with E-state index in [4.69, 9.17) is 9.84 Å². The minimum absolute atomic E-state index is 0.00696. The maximum absolute atomic E-state index is 13.3. The van der Waals surface area contributed by atoms with Gasteiger partial charge in [0, 0.05) is 26.7 Å². The number of hydrogen-bond donors (Lipinski definition) is 1. The summed E-state index contributed by atoms with van der Waals surface area (Å²) < 4.78 is 18.6. The van der Waals surface area contributed by atoms with E-state index >= 15 is 0 Å². The first-order valence-corrected chi connectivity index (χ1v) is 5.86. The maximum atomic E-state index is 13.3. The lowest BCUT2D eigenvalue weighted by Crippen LogP contribution is -2.22. The molecule has 1 unspecified atom stereocenters. The molecule has 1 heterocycles. The molecule has 0 saturated carbocycles. The number of carbonyl (C=O) groups is 1. The normalized spacial score (nSPS) is 20.2. The summed E-state index contributed by atoms with van der Waals surface area (Å²) in [4.78, 5) is 13.0. The molecule has 1 aromatic rings. The third-order valence-corrected chi connectivity index (χ3v) is 3.17. The molecule has 4 nitrogen and oxygen atoms in total. The number of rotatable bonds is 4. The molecule has 0 aliphatic carbocycles. The van der Waals surface area contributed by atoms with Crippen LogP contribution in [0.5, 0.6) is 0 Å². The van der Waals surface area contributed by atoms with E-state index in [9.17, 15) is 9.18 Å². The van der Waals surface area contributed by atoms with Crippen molar-refractivity contribution in [3.05, 3.63) is 35.1 Å². The summed E-state index contributed by atoms with van der Waals surface area (Å²) in [6.45, 7) is 2.24. The standard InChI is InChI=1S/C13H16FNO3/c1-18-12-2-3-15(8-12)7-9-4-10(13(16)17)6-11(14)5-9/h4-6,12H,2-3,7-8H2,1H3,(H,16,17). The number of benzene rings is 1. The number of carboxylic acids is 1. The molecule has 0 amide bonds. The lowest BCUT2D eigenvalue weighted by molar-refractivity contribution is 0.0696. The van der Waals surface area contributed by atoms with Crippen LogP contribution in [0.3, 0.4) is 0 Å². The Morgan fingerprint density at radius 1 is 1.56 bits per heavy atom. The Hall–Kier alpha value is -1.46. The van der Waals surface area contributed by atoms with E-state index in [1.165, 1.54) is 12.1 Å². The van der Waals surface area contributed by atoms with E-state index in [-0.39, 0.29) is 11.7 Å². The Bertz CT molecular complexity index is 450. The summed E-state index contributed by atoms with van der Waals surface area (Å²) >= 11 is 0. The van der Waals surface area contributed by atoms with Gasteiger partial charge in [-0.1, -0.05) is 0 Å². The van der Waals surface area contributed by atoms with Crippen LogP contribution in [0.15, 0.2) is 18.2 Å². The van der Waals surface area contributed by atoms with E-state index in [0.29, 0.717) is 12.1 Å². The number of aromatic carboxylic acids is 1. The first-order valence-electron chi connectivity index (χ1n) is 5.86. The first kappa shape index (κ1) is 13.0. The van der Waals surface area contributed by atoms with Crippen LogP contribution in [0, 0.1) is 5.82 Å². The zero-order chi connectivity index (χ0) is 13.1. The van der Waals surface area contributed by atoms with Gasteiger partial charge in [0.1, 0.15) is 5.82 Å². The molecule has 0 radical (unpaired) electrons. The second kappa shape index (κ2) is 5.46. The van der Waals surface area contributed by atoms with Gasteiger partial charge in [0.15, 0.2) is 0 Å². The Morgan fingerprint density at radius 3 is 2.94 bits per heavy atom. The predicted molar refractivity (Wildman–Crippen MR) is 64.1 cm³/mol. The van der Waals surface area contributed by atoms with Crippen molar-refractivity contribution >= 4 is 5.97 Å². The van der Waals surface area contributed by atoms with Crippen molar-refractivity contribution < 1.29 is 19.0 Å². The lowest BCUT2D eigenvalue weighted by atomic mass is 10.1. The quantitative estimate of drug-likeness (QED) is 0.888. The molecule has 1 aromatic carbocycles. The molecule has 1 fully saturated rings. The molecular formula is C13H16FNO3. The average Bonchev–Trinajstić information content (AvgIpc) is 2.76. The van der Waals surface area contributed by atoms with Gasteiger partial charge in [-0.25, -0.2) is 9.18 Å². The smallest absolute Gasteiger partial charge is 0.335 e. The predicted octanol–water partition coefficient (Wildman–Crippen LogP) is 1.74. The van der Waals surface area contributed by atoms with Crippen molar-refractivity contribution in [3.63, 3.8) is 0 Å². The highest BCUT2D eigenvalue weighted by molar-refractivity contribution is 5.87. The fourth-order valence-corrected chi connectivity index (χ4v) is 2.26. The summed E-state index contributed by atoms with van der Waals surface area (Å²) in [5.41, 5.74) is 0.677. The van der Waals surface area contributed by atoms with Crippen molar-refractivity contribution in [1.29, 1.82) is 0 Å². The van der Waals surface area contributed by atoms with Crippen LogP contribution in [-0.4, -0.2) is 42.3 Å². The molecular weight excluding hydrogens is 237 g/mol. The van der Waals surface area contributed by atoms with Crippen LogP contribution in [0.1, 0.15) is 22.3 Å². The third-order valence-electron chi connectivity index (χ3n) is 3.17. The Morgan fingerprint density at radius 2 is 2.33 bits per heavy atom. The van der Waals surface area contributed by atoms with Gasteiger partial charge < -0.3 is 9.84 Å². The Balaban J connectivity index is 2.07. The monoisotopic (exact) mass is 253 g/mol. The number of nitrogens with zero attached hydrogens (tertiary/aromatic N) is 1. The maximum Gasteiger partial charge on any atom is 0.335 e. The SMILES string of the molecule is COC1CCN(Cc2cc(F)cc(C(=O)O)c2)C1. The molecule has 0 aromatic heterocycles. The Labute approximate surface area is 105 Å². The van der Waals surface area contributed by atoms with Gasteiger partial charge in [0.2, 0.25) is 0 Å². The zero-order valence-corrected chi connectivity index (χ0v) is 10.2. The van der Waals surface area contributed by atoms with Crippen LogP contribution >= 0.6 is 0 Å². The van der Waals surface area contributed by atoms with Crippen molar-refractivity contribution in [3.8, 4) is 0 Å². The highest BCUT2D eigenvalue weighted by atomic mass is 19.1. The molecule has 1 N–H and O–H groups in total. The minimum atomic E-state index is -1.10. The van der Waals surface area contributed by atoms with Crippen molar-refractivity contribution in [1.82, 2.24) is 4.90 Å². The average molecular weight is 253 g/mol. The number of methoxy groups -OCH3 is 1. The summed E-state index contributed by atoms with van der Waals surface area (Å²) in [5.74, 6) is -1.61.